The Balaban J connectivity index is 1.86. The van der Waals surface area contributed by atoms with Crippen molar-refractivity contribution < 1.29 is 4.79 Å². The van der Waals surface area contributed by atoms with Crippen LogP contribution in [0.5, 0.6) is 0 Å². The lowest BCUT2D eigenvalue weighted by Gasteiger charge is -2.07. The second-order valence-corrected chi connectivity index (χ2v) is 4.67. The number of amides is 1. The summed E-state index contributed by atoms with van der Waals surface area (Å²) in [6.07, 6.45) is 9.46. The van der Waals surface area contributed by atoms with Crippen LogP contribution in [0.25, 0.3) is 10.9 Å². The highest BCUT2D eigenvalue weighted by Crippen LogP contribution is 2.19. The maximum absolute atomic E-state index is 11.6. The largest absolute Gasteiger partial charge is 0.361 e. The third-order valence-electron chi connectivity index (χ3n) is 3.15. The molecule has 1 aromatic heterocycles. The molecule has 0 aliphatic rings. The fourth-order valence-corrected chi connectivity index (χ4v) is 2.13. The van der Waals surface area contributed by atoms with Gasteiger partial charge in [0.25, 0.3) is 0 Å². The molecule has 0 bridgehead atoms. The zero-order chi connectivity index (χ0) is 13.7. The van der Waals surface area contributed by atoms with Crippen LogP contribution in [0, 0.1) is 12.3 Å². The number of aryl methyl sites for hydroxylation is 1. The van der Waals surface area contributed by atoms with Crippen LogP contribution in [0.1, 0.15) is 25.3 Å². The molecule has 2 N–H and O–H groups in total. The smallest absolute Gasteiger partial charge is 0.220 e. The minimum Gasteiger partial charge on any atom is -0.361 e. The molecule has 1 aromatic carbocycles. The molecule has 0 aliphatic carbocycles. The summed E-state index contributed by atoms with van der Waals surface area (Å²) in [7, 11) is 0. The van der Waals surface area contributed by atoms with E-state index < -0.39 is 0 Å². The van der Waals surface area contributed by atoms with Crippen molar-refractivity contribution in [3.05, 3.63) is 36.0 Å². The van der Waals surface area contributed by atoms with E-state index in [1.165, 1.54) is 10.9 Å². The second-order valence-electron chi connectivity index (χ2n) is 4.67. The standard InChI is InChI=1S/C16H18N2O/c1-3-12(2)18-16(19)10-6-7-13-11-17-15-9-5-4-8-14(13)15/h1,4-5,8-9,11-12,17H,6-7,10H2,2H3,(H,18,19). The number of carbonyl (C=O) groups excluding carboxylic acids is 1. The highest BCUT2D eigenvalue weighted by Gasteiger charge is 2.06. The number of para-hydroxylation sites is 1. The molecule has 1 unspecified atom stereocenters. The van der Waals surface area contributed by atoms with Gasteiger partial charge in [-0.25, -0.2) is 0 Å². The number of nitrogens with one attached hydrogen (secondary N) is 2. The Kier molecular flexibility index (Phi) is 4.25. The summed E-state index contributed by atoms with van der Waals surface area (Å²) in [5, 5.41) is 4.00. The van der Waals surface area contributed by atoms with Gasteiger partial charge in [0.2, 0.25) is 5.91 Å². The number of carbonyl (C=O) groups is 1. The molecule has 2 aromatic rings. The average molecular weight is 254 g/mol. The van der Waals surface area contributed by atoms with Gasteiger partial charge in [0, 0.05) is 23.5 Å². The summed E-state index contributed by atoms with van der Waals surface area (Å²) in [5.41, 5.74) is 2.40. The monoisotopic (exact) mass is 254 g/mol. The maximum Gasteiger partial charge on any atom is 0.220 e. The first-order chi connectivity index (χ1) is 9.20. The van der Waals surface area contributed by atoms with Gasteiger partial charge >= 0.3 is 0 Å². The van der Waals surface area contributed by atoms with Crippen molar-refractivity contribution in [1.29, 1.82) is 0 Å². The van der Waals surface area contributed by atoms with Crippen LogP contribution in [-0.2, 0) is 11.2 Å². The van der Waals surface area contributed by atoms with Gasteiger partial charge in [0.1, 0.15) is 0 Å². The molecule has 3 heteroatoms. The number of benzene rings is 1. The van der Waals surface area contributed by atoms with Gasteiger partial charge < -0.3 is 10.3 Å². The van der Waals surface area contributed by atoms with Crippen molar-refractivity contribution in [2.24, 2.45) is 0 Å². The molecule has 19 heavy (non-hydrogen) atoms. The van der Waals surface area contributed by atoms with Gasteiger partial charge in [-0.3, -0.25) is 4.79 Å². The Morgan fingerprint density at radius 3 is 3.05 bits per heavy atom. The molecule has 3 nitrogen and oxygen atoms in total. The average Bonchev–Trinajstić information content (AvgIpc) is 2.82. The molecule has 0 aliphatic heterocycles. The number of hydrogen-bond donors (Lipinski definition) is 2. The quantitative estimate of drug-likeness (QED) is 0.792. The third-order valence-corrected chi connectivity index (χ3v) is 3.15. The summed E-state index contributed by atoms with van der Waals surface area (Å²) in [6.45, 7) is 1.80. The number of hydrogen-bond acceptors (Lipinski definition) is 1. The molecular formula is C16H18N2O. The first-order valence-corrected chi connectivity index (χ1v) is 6.51. The van der Waals surface area contributed by atoms with Crippen molar-refractivity contribution in [3.63, 3.8) is 0 Å². The van der Waals surface area contributed by atoms with Crippen LogP contribution < -0.4 is 5.32 Å². The number of rotatable bonds is 5. The maximum atomic E-state index is 11.6. The van der Waals surface area contributed by atoms with Gasteiger partial charge in [0.15, 0.2) is 0 Å². The van der Waals surface area contributed by atoms with E-state index in [2.05, 4.69) is 28.4 Å². The van der Waals surface area contributed by atoms with Gasteiger partial charge in [-0.05, 0) is 31.4 Å². The minimum atomic E-state index is -0.194. The van der Waals surface area contributed by atoms with Crippen molar-refractivity contribution in [2.75, 3.05) is 0 Å². The molecule has 1 amide bonds. The fraction of sp³-hybridized carbons (Fsp3) is 0.312. The van der Waals surface area contributed by atoms with E-state index in [1.54, 1.807) is 6.92 Å². The van der Waals surface area contributed by atoms with Crippen LogP contribution in [-0.4, -0.2) is 16.9 Å². The van der Waals surface area contributed by atoms with Gasteiger partial charge in [0.05, 0.1) is 6.04 Å². The Morgan fingerprint density at radius 2 is 2.26 bits per heavy atom. The van der Waals surface area contributed by atoms with E-state index in [1.807, 2.05) is 18.3 Å². The Bertz CT molecular complexity index is 606. The zero-order valence-corrected chi connectivity index (χ0v) is 11.1. The predicted octanol–water partition coefficient (Wildman–Crippen LogP) is 2.63. The molecule has 1 heterocycles. The van der Waals surface area contributed by atoms with Gasteiger partial charge in [-0.2, -0.15) is 0 Å². The summed E-state index contributed by atoms with van der Waals surface area (Å²) >= 11 is 0. The van der Waals surface area contributed by atoms with E-state index in [0.29, 0.717) is 6.42 Å². The topological polar surface area (TPSA) is 44.9 Å². The lowest BCUT2D eigenvalue weighted by Crippen LogP contribution is -2.31. The fourth-order valence-electron chi connectivity index (χ4n) is 2.13. The molecule has 0 fully saturated rings. The number of fused-ring (bicyclic) bond motifs is 1. The summed E-state index contributed by atoms with van der Waals surface area (Å²) in [4.78, 5) is 14.8. The summed E-state index contributed by atoms with van der Waals surface area (Å²) in [6, 6.07) is 8.00. The molecule has 1 atom stereocenters. The Morgan fingerprint density at radius 1 is 1.47 bits per heavy atom. The van der Waals surface area contributed by atoms with E-state index >= 15 is 0 Å². The number of terminal acetylenes is 1. The number of H-pyrrole nitrogens is 1. The van der Waals surface area contributed by atoms with Gasteiger partial charge in [-0.1, -0.05) is 24.1 Å². The zero-order valence-electron chi connectivity index (χ0n) is 11.1. The Hall–Kier alpha value is -2.21. The van der Waals surface area contributed by atoms with Crippen LogP contribution in [0.15, 0.2) is 30.5 Å². The lowest BCUT2D eigenvalue weighted by atomic mass is 10.1. The second kappa shape index (κ2) is 6.10. The summed E-state index contributed by atoms with van der Waals surface area (Å²) < 4.78 is 0. The molecular weight excluding hydrogens is 236 g/mol. The van der Waals surface area contributed by atoms with Crippen LogP contribution in [0.2, 0.25) is 0 Å². The highest BCUT2D eigenvalue weighted by molar-refractivity contribution is 5.83. The van der Waals surface area contributed by atoms with Crippen molar-refractivity contribution >= 4 is 16.8 Å². The molecule has 0 radical (unpaired) electrons. The van der Waals surface area contributed by atoms with E-state index in [0.717, 1.165) is 18.4 Å². The van der Waals surface area contributed by atoms with Gasteiger partial charge in [-0.15, -0.1) is 6.42 Å². The number of aromatic amines is 1. The lowest BCUT2D eigenvalue weighted by molar-refractivity contribution is -0.121. The first-order valence-electron chi connectivity index (χ1n) is 6.51. The van der Waals surface area contributed by atoms with E-state index in [9.17, 15) is 4.79 Å². The van der Waals surface area contributed by atoms with Crippen LogP contribution in [0.4, 0.5) is 0 Å². The van der Waals surface area contributed by atoms with Crippen LogP contribution >= 0.6 is 0 Å². The Labute approximate surface area is 113 Å². The van der Waals surface area contributed by atoms with Crippen molar-refractivity contribution in [2.45, 2.75) is 32.2 Å². The van der Waals surface area contributed by atoms with Crippen molar-refractivity contribution in [3.8, 4) is 12.3 Å². The molecule has 0 saturated heterocycles. The van der Waals surface area contributed by atoms with Crippen LogP contribution in [0.3, 0.4) is 0 Å². The van der Waals surface area contributed by atoms with E-state index in [4.69, 9.17) is 6.42 Å². The third kappa shape index (κ3) is 3.38. The number of aromatic nitrogens is 1. The predicted molar refractivity (Wildman–Crippen MR) is 77.7 cm³/mol. The molecule has 0 spiro atoms. The molecule has 0 saturated carbocycles. The highest BCUT2D eigenvalue weighted by atomic mass is 16.1. The summed E-state index contributed by atoms with van der Waals surface area (Å²) in [5.74, 6) is 2.51. The SMILES string of the molecule is C#CC(C)NC(=O)CCCc1c[nH]c2ccccc12. The van der Waals surface area contributed by atoms with E-state index in [-0.39, 0.29) is 11.9 Å². The normalized spacial score (nSPS) is 12.0. The molecule has 98 valence electrons. The van der Waals surface area contributed by atoms with Crippen molar-refractivity contribution in [1.82, 2.24) is 10.3 Å². The minimum absolute atomic E-state index is 0.0188. The molecule has 2 rings (SSSR count). The first kappa shape index (κ1) is 13.2.